The molecule has 0 aliphatic carbocycles. The first-order chi connectivity index (χ1) is 2.00. The summed E-state index contributed by atoms with van der Waals surface area (Å²) < 4.78 is 16.5. The zero-order chi connectivity index (χ0) is 4.00. The average molecular weight is 992 g/mol. The van der Waals surface area contributed by atoms with E-state index in [4.69, 9.17) is 6.65 Å². The third-order valence-corrected chi connectivity index (χ3v) is 0. The largest absolute Gasteiger partial charge is 0 e. The molecular formula is H12Ba4O4Sr2Ti4. The summed E-state index contributed by atoms with van der Waals surface area (Å²) in [6.45, 7) is 0. The second-order valence-electron chi connectivity index (χ2n) is 0. The van der Waals surface area contributed by atoms with Crippen LogP contribution in [0.4, 0.5) is 0 Å². The van der Waals surface area contributed by atoms with Crippen molar-refractivity contribution in [1.29, 1.82) is 0 Å². The SMILES string of the molecule is [BaH+].[BaH+].[BaH2].[BaH2].[OH-].[OH-].[O]=[Ti].[O]=[Ti].[SrH2].[SrH2].[Ti].[Ti]. The molecule has 0 amide bonds. The Kier molecular flexibility index (Phi) is 608. The molecule has 14 heavy (non-hydrogen) atoms. The van der Waals surface area contributed by atoms with Gasteiger partial charge in [0.05, 0.1) is 0 Å². The van der Waals surface area contributed by atoms with Crippen molar-refractivity contribution in [2.75, 3.05) is 0 Å². The van der Waals surface area contributed by atoms with E-state index in [1.807, 2.05) is 0 Å². The fourth-order valence-electron chi connectivity index (χ4n) is 0. The predicted molar refractivity (Wildman–Crippen MR) is 53.7 cm³/mol. The summed E-state index contributed by atoms with van der Waals surface area (Å²) in [6.07, 6.45) is 0. The van der Waals surface area contributed by atoms with Gasteiger partial charge in [0.1, 0.15) is 0 Å². The van der Waals surface area contributed by atoms with Gasteiger partial charge < -0.3 is 11.0 Å². The van der Waals surface area contributed by atoms with E-state index < -0.39 is 0 Å². The molecule has 0 aromatic carbocycles. The predicted octanol–water partition coefficient (Wildman–Crippen LogP) is -5.56. The van der Waals surface area contributed by atoms with Gasteiger partial charge in [-0.2, -0.15) is 0 Å². The summed E-state index contributed by atoms with van der Waals surface area (Å²) in [6, 6.07) is 0. The van der Waals surface area contributed by atoms with Crippen molar-refractivity contribution in [3.63, 3.8) is 0 Å². The zero-order valence-corrected chi connectivity index (χ0v) is 24.5. The molecule has 0 radical (unpaired) electrons. The first-order valence-electron chi connectivity index (χ1n) is 0.408. The van der Waals surface area contributed by atoms with Crippen LogP contribution < -0.4 is 0 Å². The Morgan fingerprint density at radius 1 is 0.571 bits per heavy atom. The van der Waals surface area contributed by atoms with E-state index in [1.165, 1.54) is 0 Å². The van der Waals surface area contributed by atoms with Gasteiger partial charge in [-0.05, 0) is 0 Å². The number of hydrogen-bond donors (Lipinski definition) is 0. The molecule has 0 atom stereocenters. The van der Waals surface area contributed by atoms with E-state index in [9.17, 15) is 0 Å². The zero-order valence-electron chi connectivity index (χ0n) is 5.71. The van der Waals surface area contributed by atoms with Crippen LogP contribution in [0.5, 0.6) is 0 Å². The van der Waals surface area contributed by atoms with Gasteiger partial charge >= 0.3 is 334 Å². The fraction of sp³-hybridized carbons (Fsp3) is 0. The van der Waals surface area contributed by atoms with Crippen molar-refractivity contribution >= 4 is 286 Å². The molecule has 0 aliphatic rings. The second kappa shape index (κ2) is 102. The summed E-state index contributed by atoms with van der Waals surface area (Å²) in [7, 11) is 0. The van der Waals surface area contributed by atoms with Gasteiger partial charge in [-0.1, -0.05) is 0 Å². The maximum atomic E-state index is 8.25. The Hall–Kier alpha value is 11.6. The van der Waals surface area contributed by atoms with E-state index >= 15 is 0 Å². The minimum absolute atomic E-state index is 0. The number of hydrogen-bond acceptors (Lipinski definition) is 4. The normalized spacial score (nSPS) is 0.429. The molecule has 0 unspecified atom stereocenters. The van der Waals surface area contributed by atoms with E-state index in [0.717, 1.165) is 40.8 Å². The molecule has 0 aromatic heterocycles. The molecule has 0 aliphatic heterocycles. The maximum Gasteiger partial charge on any atom is 0 e. The molecule has 0 spiro atoms. The van der Waals surface area contributed by atoms with E-state index in [2.05, 4.69) is 0 Å². The number of rotatable bonds is 0. The van der Waals surface area contributed by atoms with Crippen molar-refractivity contribution in [2.45, 2.75) is 0 Å². The Morgan fingerprint density at radius 2 is 0.571 bits per heavy atom. The van der Waals surface area contributed by atoms with Crippen LogP contribution in [0.1, 0.15) is 0 Å². The van der Waals surface area contributed by atoms with Crippen LogP contribution in [0.25, 0.3) is 0 Å². The quantitative estimate of drug-likeness (QED) is 0.227. The van der Waals surface area contributed by atoms with Gasteiger partial charge in [-0.3, -0.25) is 0 Å². The second-order valence-corrected chi connectivity index (χ2v) is 0. The van der Waals surface area contributed by atoms with Crippen LogP contribution in [0.3, 0.4) is 0 Å². The van der Waals surface area contributed by atoms with Crippen molar-refractivity contribution in [1.82, 2.24) is 0 Å². The topological polar surface area (TPSA) is 94.1 Å². The molecular weight excluding hydrogens is 980 g/mol. The third kappa shape index (κ3) is 89.5. The Morgan fingerprint density at radius 3 is 0.571 bits per heavy atom. The van der Waals surface area contributed by atoms with Gasteiger partial charge in [0.15, 0.2) is 0 Å². The third-order valence-electron chi connectivity index (χ3n) is 0. The van der Waals surface area contributed by atoms with Gasteiger partial charge in [0.2, 0.25) is 0 Å². The minimum Gasteiger partial charge on any atom is 0 e. The van der Waals surface area contributed by atoms with Crippen LogP contribution in [0, 0.1) is 0 Å². The minimum atomic E-state index is 0. The molecule has 0 saturated heterocycles. The van der Waals surface area contributed by atoms with Crippen molar-refractivity contribution in [2.24, 2.45) is 0 Å². The van der Waals surface area contributed by atoms with Gasteiger partial charge in [0.25, 0.3) is 0 Å². The van der Waals surface area contributed by atoms with Crippen LogP contribution in [0.2, 0.25) is 0 Å². The van der Waals surface area contributed by atoms with E-state index in [0.29, 0.717) is 0 Å². The van der Waals surface area contributed by atoms with E-state index in [1.54, 1.807) is 0 Å². The molecule has 4 nitrogen and oxygen atoms in total. The standard InChI is InChI=1S/4Ba.2H2O.2O.2Sr.4Ti.10H/h;;;;2*1H2;;;;;;;;;;;;;;;;;;/q;;2*+1;;;;;;;;;;;;;;;;;;;;/p-2. The van der Waals surface area contributed by atoms with Gasteiger partial charge in [-0.15, -0.1) is 0 Å². The Labute approximate surface area is 373 Å². The summed E-state index contributed by atoms with van der Waals surface area (Å²) in [5.41, 5.74) is 0. The summed E-state index contributed by atoms with van der Waals surface area (Å²) >= 11 is 1.50. The molecule has 0 saturated carbocycles. The Bertz CT molecular complexity index is 29.3. The molecule has 2 N–H and O–H groups in total. The van der Waals surface area contributed by atoms with Crippen LogP contribution in [0.15, 0.2) is 0 Å². The maximum absolute atomic E-state index is 8.25. The molecule has 14 heteroatoms. The Balaban J connectivity index is -0.000000000333. The molecule has 64 valence electrons. The van der Waals surface area contributed by atoms with Gasteiger partial charge in [0, 0.05) is 43.4 Å². The summed E-state index contributed by atoms with van der Waals surface area (Å²) in [5.74, 6) is 0. The summed E-state index contributed by atoms with van der Waals surface area (Å²) in [4.78, 5) is 0. The van der Waals surface area contributed by atoms with Crippen LogP contribution >= 0.6 is 0 Å². The molecule has 0 heterocycles. The van der Waals surface area contributed by atoms with Gasteiger partial charge in [-0.25, -0.2) is 0 Å². The van der Waals surface area contributed by atoms with Crippen molar-refractivity contribution in [3.8, 4) is 0 Å². The smallest absolute Gasteiger partial charge is 0 e. The molecule has 0 bridgehead atoms. The first-order valence-corrected chi connectivity index (χ1v) is 1.68. The van der Waals surface area contributed by atoms with Crippen molar-refractivity contribution < 1.29 is 102 Å². The first kappa shape index (κ1) is 83.7. The molecule has 0 fully saturated rings. The summed E-state index contributed by atoms with van der Waals surface area (Å²) in [5, 5.41) is 0. The monoisotopic (exact) mass is 995 g/mol. The van der Waals surface area contributed by atoms with E-state index in [-0.39, 0.29) is 341 Å². The average Bonchev–Trinajstić information content (AvgIpc) is 1.50. The fourth-order valence-corrected chi connectivity index (χ4v) is 0. The van der Waals surface area contributed by atoms with Crippen LogP contribution in [-0.4, -0.2) is 297 Å². The molecule has 0 rings (SSSR count). The molecule has 0 aromatic rings. The van der Waals surface area contributed by atoms with Crippen molar-refractivity contribution in [3.05, 3.63) is 0 Å². The van der Waals surface area contributed by atoms with Crippen LogP contribution in [-0.2, 0) is 90.9 Å².